The van der Waals surface area contributed by atoms with E-state index in [0.717, 1.165) is 6.54 Å². The molecular formula is C10H13NS. The van der Waals surface area contributed by atoms with Crippen LogP contribution in [-0.4, -0.2) is 12.3 Å². The standard InChI is InChI=1S/C10H13NS/c1-2-11-9-7-12-10-6-4-3-5-8(9)10/h3-6,9,11H,2,7H2,1H3. The highest BCUT2D eigenvalue weighted by atomic mass is 32.2. The molecule has 0 amide bonds. The van der Waals surface area contributed by atoms with Crippen molar-refractivity contribution in [1.29, 1.82) is 0 Å². The Hall–Kier alpha value is -0.470. The third kappa shape index (κ3) is 1.37. The van der Waals surface area contributed by atoms with E-state index in [4.69, 9.17) is 0 Å². The average Bonchev–Trinajstić information content (AvgIpc) is 2.50. The normalized spacial score (nSPS) is 20.9. The largest absolute Gasteiger partial charge is 0.309 e. The first-order valence-corrected chi connectivity index (χ1v) is 5.35. The minimum Gasteiger partial charge on any atom is -0.309 e. The monoisotopic (exact) mass is 179 g/mol. The maximum Gasteiger partial charge on any atom is 0.0426 e. The number of rotatable bonds is 2. The van der Waals surface area contributed by atoms with Crippen molar-refractivity contribution in [2.45, 2.75) is 17.9 Å². The molecule has 1 N–H and O–H groups in total. The van der Waals surface area contributed by atoms with E-state index in [0.29, 0.717) is 6.04 Å². The van der Waals surface area contributed by atoms with Crippen LogP contribution in [0.15, 0.2) is 29.2 Å². The van der Waals surface area contributed by atoms with Crippen molar-refractivity contribution in [3.05, 3.63) is 29.8 Å². The summed E-state index contributed by atoms with van der Waals surface area (Å²) in [6.45, 7) is 3.21. The summed E-state index contributed by atoms with van der Waals surface area (Å²) in [5, 5.41) is 3.48. The van der Waals surface area contributed by atoms with Gasteiger partial charge in [0.1, 0.15) is 0 Å². The summed E-state index contributed by atoms with van der Waals surface area (Å²) in [6, 6.07) is 9.24. The van der Waals surface area contributed by atoms with Gasteiger partial charge in [-0.2, -0.15) is 0 Å². The summed E-state index contributed by atoms with van der Waals surface area (Å²) in [6.07, 6.45) is 0. The van der Waals surface area contributed by atoms with Crippen LogP contribution in [0, 0.1) is 0 Å². The zero-order chi connectivity index (χ0) is 8.39. The summed E-state index contributed by atoms with van der Waals surface area (Å²) in [4.78, 5) is 1.45. The lowest BCUT2D eigenvalue weighted by molar-refractivity contribution is 0.608. The second-order valence-corrected chi connectivity index (χ2v) is 4.02. The molecule has 0 saturated carbocycles. The Morgan fingerprint density at radius 1 is 1.50 bits per heavy atom. The molecule has 1 aliphatic heterocycles. The van der Waals surface area contributed by atoms with Crippen molar-refractivity contribution in [3.63, 3.8) is 0 Å². The lowest BCUT2D eigenvalue weighted by Crippen LogP contribution is -2.20. The van der Waals surface area contributed by atoms with Gasteiger partial charge in [-0.3, -0.25) is 0 Å². The lowest BCUT2D eigenvalue weighted by Gasteiger charge is -2.10. The predicted octanol–water partition coefficient (Wildman–Crippen LogP) is 2.44. The van der Waals surface area contributed by atoms with Gasteiger partial charge in [0.05, 0.1) is 0 Å². The van der Waals surface area contributed by atoms with Crippen LogP contribution in [0.3, 0.4) is 0 Å². The Bertz CT molecular complexity index is 270. The predicted molar refractivity (Wildman–Crippen MR) is 53.6 cm³/mol. The van der Waals surface area contributed by atoms with E-state index in [1.54, 1.807) is 0 Å². The molecule has 1 heterocycles. The van der Waals surface area contributed by atoms with Crippen LogP contribution in [0.25, 0.3) is 0 Å². The Morgan fingerprint density at radius 3 is 3.17 bits per heavy atom. The molecule has 2 rings (SSSR count). The first-order chi connectivity index (χ1) is 5.92. The Balaban J connectivity index is 2.24. The van der Waals surface area contributed by atoms with Crippen LogP contribution < -0.4 is 5.32 Å². The van der Waals surface area contributed by atoms with Gasteiger partial charge in [-0.1, -0.05) is 25.1 Å². The number of benzene rings is 1. The van der Waals surface area contributed by atoms with Gasteiger partial charge in [0.2, 0.25) is 0 Å². The molecule has 12 heavy (non-hydrogen) atoms. The second-order valence-electron chi connectivity index (χ2n) is 2.96. The molecule has 0 radical (unpaired) electrons. The molecule has 1 aliphatic rings. The summed E-state index contributed by atoms with van der Waals surface area (Å²) in [5.74, 6) is 1.19. The Kier molecular flexibility index (Phi) is 2.38. The van der Waals surface area contributed by atoms with Crippen molar-refractivity contribution in [3.8, 4) is 0 Å². The third-order valence-corrected chi connectivity index (χ3v) is 3.33. The van der Waals surface area contributed by atoms with Gasteiger partial charge in [0.25, 0.3) is 0 Å². The maximum absolute atomic E-state index is 3.48. The highest BCUT2D eigenvalue weighted by molar-refractivity contribution is 7.99. The van der Waals surface area contributed by atoms with E-state index in [2.05, 4.69) is 36.5 Å². The molecule has 0 aliphatic carbocycles. The molecule has 0 bridgehead atoms. The van der Waals surface area contributed by atoms with Gasteiger partial charge >= 0.3 is 0 Å². The Labute approximate surface area is 77.6 Å². The third-order valence-electron chi connectivity index (χ3n) is 2.15. The Morgan fingerprint density at radius 2 is 2.33 bits per heavy atom. The fourth-order valence-electron chi connectivity index (χ4n) is 1.58. The van der Waals surface area contributed by atoms with Crippen LogP contribution in [-0.2, 0) is 0 Å². The summed E-state index contributed by atoms with van der Waals surface area (Å²) < 4.78 is 0. The van der Waals surface area contributed by atoms with Gasteiger partial charge in [0, 0.05) is 16.7 Å². The fourth-order valence-corrected chi connectivity index (χ4v) is 2.77. The topological polar surface area (TPSA) is 12.0 Å². The van der Waals surface area contributed by atoms with Crippen molar-refractivity contribution in [1.82, 2.24) is 5.32 Å². The zero-order valence-electron chi connectivity index (χ0n) is 7.21. The summed E-state index contributed by atoms with van der Waals surface area (Å²) in [5.41, 5.74) is 1.48. The minimum atomic E-state index is 0.580. The van der Waals surface area contributed by atoms with E-state index >= 15 is 0 Å². The van der Waals surface area contributed by atoms with Crippen molar-refractivity contribution >= 4 is 11.8 Å². The molecule has 1 aromatic rings. The molecule has 1 atom stereocenters. The van der Waals surface area contributed by atoms with Crippen molar-refractivity contribution in [2.75, 3.05) is 12.3 Å². The number of fused-ring (bicyclic) bond motifs is 1. The highest BCUT2D eigenvalue weighted by Gasteiger charge is 2.20. The van der Waals surface area contributed by atoms with E-state index in [-0.39, 0.29) is 0 Å². The average molecular weight is 179 g/mol. The van der Waals surface area contributed by atoms with Gasteiger partial charge in [0.15, 0.2) is 0 Å². The van der Waals surface area contributed by atoms with Crippen LogP contribution in [0.5, 0.6) is 0 Å². The highest BCUT2D eigenvalue weighted by Crippen LogP contribution is 2.37. The number of hydrogen-bond donors (Lipinski definition) is 1. The lowest BCUT2D eigenvalue weighted by atomic mass is 10.1. The van der Waals surface area contributed by atoms with Crippen LogP contribution in [0.4, 0.5) is 0 Å². The number of hydrogen-bond acceptors (Lipinski definition) is 2. The minimum absolute atomic E-state index is 0.580. The van der Waals surface area contributed by atoms with Crippen LogP contribution >= 0.6 is 11.8 Å². The second kappa shape index (κ2) is 3.50. The molecular weight excluding hydrogens is 166 g/mol. The van der Waals surface area contributed by atoms with Gasteiger partial charge < -0.3 is 5.32 Å². The SMILES string of the molecule is CCNC1CSc2ccccc21. The number of thioether (sulfide) groups is 1. The fraction of sp³-hybridized carbons (Fsp3) is 0.400. The molecule has 0 saturated heterocycles. The zero-order valence-corrected chi connectivity index (χ0v) is 8.03. The first kappa shape index (κ1) is 8.14. The molecule has 1 nitrogen and oxygen atoms in total. The number of nitrogens with one attached hydrogen (secondary N) is 1. The van der Waals surface area contributed by atoms with Gasteiger partial charge in [-0.05, 0) is 18.2 Å². The van der Waals surface area contributed by atoms with Crippen molar-refractivity contribution in [2.24, 2.45) is 0 Å². The molecule has 64 valence electrons. The van der Waals surface area contributed by atoms with Crippen LogP contribution in [0.2, 0.25) is 0 Å². The molecule has 0 aromatic heterocycles. The van der Waals surface area contributed by atoms with Crippen LogP contribution in [0.1, 0.15) is 18.5 Å². The molecule has 1 aromatic carbocycles. The summed E-state index contributed by atoms with van der Waals surface area (Å²) in [7, 11) is 0. The van der Waals surface area contributed by atoms with Gasteiger partial charge in [-0.15, -0.1) is 11.8 Å². The van der Waals surface area contributed by atoms with Gasteiger partial charge in [-0.25, -0.2) is 0 Å². The van der Waals surface area contributed by atoms with E-state index in [1.807, 2.05) is 11.8 Å². The smallest absolute Gasteiger partial charge is 0.0426 e. The van der Waals surface area contributed by atoms with E-state index in [1.165, 1.54) is 16.2 Å². The molecule has 0 spiro atoms. The van der Waals surface area contributed by atoms with Crippen molar-refractivity contribution < 1.29 is 0 Å². The first-order valence-electron chi connectivity index (χ1n) is 4.37. The van der Waals surface area contributed by atoms with E-state index in [9.17, 15) is 0 Å². The summed E-state index contributed by atoms with van der Waals surface area (Å²) >= 11 is 1.95. The quantitative estimate of drug-likeness (QED) is 0.748. The molecule has 0 fully saturated rings. The van der Waals surface area contributed by atoms with E-state index < -0.39 is 0 Å². The molecule has 1 unspecified atom stereocenters. The molecule has 2 heteroatoms. The maximum atomic E-state index is 3.48.